The molecule has 0 atom stereocenters. The fourth-order valence-corrected chi connectivity index (χ4v) is 7.02. The summed E-state index contributed by atoms with van der Waals surface area (Å²) >= 11 is 0. The van der Waals surface area contributed by atoms with Crippen molar-refractivity contribution in [1.29, 1.82) is 0 Å². The zero-order chi connectivity index (χ0) is 50.4. The maximum Gasteiger partial charge on any atom is 0.342 e. The first kappa shape index (κ1) is 62.4. The summed E-state index contributed by atoms with van der Waals surface area (Å²) < 4.78 is 43.9. The normalized spacial score (nSPS) is 10.8. The Morgan fingerprint density at radius 3 is 1.09 bits per heavy atom. The number of carbonyl (C=O) groups is 6. The monoisotopic (exact) mass is 975 g/mol. The third-order valence-corrected chi connectivity index (χ3v) is 11.2. The molecular weight excluding hydrogens is 885 g/mol. The highest BCUT2D eigenvalue weighted by molar-refractivity contribution is 5.93. The van der Waals surface area contributed by atoms with Crippen molar-refractivity contribution in [2.45, 2.75) is 213 Å². The van der Waals surface area contributed by atoms with Crippen LogP contribution in [0, 0.1) is 0 Å². The molecule has 0 fully saturated rings. The molecule has 14 heteroatoms. The Labute approximate surface area is 415 Å². The minimum atomic E-state index is -0.510. The summed E-state index contributed by atoms with van der Waals surface area (Å²) in [5.74, 6) is -1.53. The number of esters is 6. The molecule has 0 saturated carbocycles. The third-order valence-electron chi connectivity index (χ3n) is 11.2. The highest BCUT2D eigenvalue weighted by Crippen LogP contribution is 2.26. The number of benzene rings is 1. The van der Waals surface area contributed by atoms with E-state index in [2.05, 4.69) is 20.4 Å². The summed E-state index contributed by atoms with van der Waals surface area (Å²) in [5.41, 5.74) is 0.642. The van der Waals surface area contributed by atoms with Crippen molar-refractivity contribution in [3.63, 3.8) is 0 Å². The number of carbonyl (C=O) groups excluding carboxylic acids is 6. The van der Waals surface area contributed by atoms with E-state index in [0.29, 0.717) is 82.4 Å². The summed E-state index contributed by atoms with van der Waals surface area (Å²) in [7, 11) is 0. The van der Waals surface area contributed by atoms with E-state index in [1.807, 2.05) is 0 Å². The van der Waals surface area contributed by atoms with Gasteiger partial charge in [-0.1, -0.05) is 97.5 Å². The topological polar surface area (TPSA) is 176 Å². The van der Waals surface area contributed by atoms with E-state index in [-0.39, 0.29) is 56.4 Å². The number of ether oxygens (including phenoxy) is 8. The van der Waals surface area contributed by atoms with Crippen LogP contribution in [-0.4, -0.2) is 88.7 Å². The van der Waals surface area contributed by atoms with E-state index < -0.39 is 23.9 Å². The number of rotatable bonds is 47. The molecule has 69 heavy (non-hydrogen) atoms. The molecule has 0 amide bonds. The SMILES string of the molecule is C=C(C)C(=O)OCCCCCCOC(=O)c1cc(OCCCCCCOC(=O)CCC(=O)OCCCCCCCCC)ccc1OCCCCCCOC(=O)CCC(=O)OCCCCCCCCC. The van der Waals surface area contributed by atoms with Crippen LogP contribution in [-0.2, 0) is 52.4 Å². The van der Waals surface area contributed by atoms with Gasteiger partial charge in [0, 0.05) is 5.57 Å². The van der Waals surface area contributed by atoms with E-state index in [0.717, 1.165) is 89.9 Å². The Morgan fingerprint density at radius 2 is 0.710 bits per heavy atom. The fourth-order valence-electron chi connectivity index (χ4n) is 7.02. The third kappa shape index (κ3) is 37.9. The summed E-state index contributed by atoms with van der Waals surface area (Å²) in [4.78, 5) is 73.0. The first-order chi connectivity index (χ1) is 33.6. The minimum Gasteiger partial charge on any atom is -0.494 e. The molecule has 0 radical (unpaired) electrons. The Morgan fingerprint density at radius 1 is 0.391 bits per heavy atom. The van der Waals surface area contributed by atoms with E-state index in [1.165, 1.54) is 51.4 Å². The Hall–Kier alpha value is -4.62. The highest BCUT2D eigenvalue weighted by Gasteiger charge is 2.17. The Bertz CT molecular complexity index is 1540. The van der Waals surface area contributed by atoms with Crippen LogP contribution in [0.2, 0.25) is 0 Å². The molecule has 1 rings (SSSR count). The lowest BCUT2D eigenvalue weighted by atomic mass is 10.1. The van der Waals surface area contributed by atoms with Crippen LogP contribution in [0.4, 0.5) is 0 Å². The lowest BCUT2D eigenvalue weighted by Gasteiger charge is -2.14. The van der Waals surface area contributed by atoms with E-state index in [9.17, 15) is 28.8 Å². The molecule has 0 aliphatic heterocycles. The van der Waals surface area contributed by atoms with Gasteiger partial charge in [0.25, 0.3) is 0 Å². The number of hydrogen-bond acceptors (Lipinski definition) is 14. The van der Waals surface area contributed by atoms with Gasteiger partial charge in [0.2, 0.25) is 0 Å². The molecule has 0 aliphatic rings. The molecule has 0 heterocycles. The van der Waals surface area contributed by atoms with Gasteiger partial charge in [0.15, 0.2) is 0 Å². The first-order valence-corrected chi connectivity index (χ1v) is 26.6. The van der Waals surface area contributed by atoms with Crippen molar-refractivity contribution in [3.8, 4) is 11.5 Å². The molecule has 394 valence electrons. The van der Waals surface area contributed by atoms with E-state index in [4.69, 9.17) is 37.9 Å². The van der Waals surface area contributed by atoms with Crippen molar-refractivity contribution in [2.75, 3.05) is 52.9 Å². The Kier molecular flexibility index (Phi) is 40.3. The molecule has 0 spiro atoms. The second kappa shape index (κ2) is 44.6. The molecule has 0 aromatic heterocycles. The van der Waals surface area contributed by atoms with Crippen LogP contribution in [0.3, 0.4) is 0 Å². The molecule has 0 unspecified atom stereocenters. The second-order valence-electron chi connectivity index (χ2n) is 17.8. The van der Waals surface area contributed by atoms with Gasteiger partial charge in [-0.2, -0.15) is 0 Å². The van der Waals surface area contributed by atoms with Gasteiger partial charge in [-0.3, -0.25) is 19.2 Å². The quantitative estimate of drug-likeness (QED) is 0.0261. The van der Waals surface area contributed by atoms with Crippen LogP contribution in [0.1, 0.15) is 224 Å². The zero-order valence-electron chi connectivity index (χ0n) is 43.0. The van der Waals surface area contributed by atoms with Gasteiger partial charge in [-0.15, -0.1) is 0 Å². The average molecular weight is 975 g/mol. The van der Waals surface area contributed by atoms with Gasteiger partial charge < -0.3 is 37.9 Å². The standard InChI is InChI=1S/C55H90O14/c1-5-7-9-11-13-15-25-39-64-50(56)33-35-52(58)66-41-27-19-17-23-37-62-47-31-32-49(48(45-47)55(61)69-44-30-22-21-29-43-68-54(60)46(3)4)63-38-24-18-20-28-42-67-53(59)36-34-51(57)65-40-26-16-14-12-10-8-6-2/h31-32,45H,3,5-30,33-44H2,1-2,4H3. The molecule has 14 nitrogen and oxygen atoms in total. The first-order valence-electron chi connectivity index (χ1n) is 26.6. The van der Waals surface area contributed by atoms with Crippen molar-refractivity contribution in [3.05, 3.63) is 35.9 Å². The second-order valence-corrected chi connectivity index (χ2v) is 17.8. The highest BCUT2D eigenvalue weighted by atomic mass is 16.6. The smallest absolute Gasteiger partial charge is 0.342 e. The molecule has 1 aromatic carbocycles. The molecule has 1 aromatic rings. The van der Waals surface area contributed by atoms with Gasteiger partial charge in [0.05, 0.1) is 78.5 Å². The number of hydrogen-bond donors (Lipinski definition) is 0. The van der Waals surface area contributed by atoms with Crippen LogP contribution in [0.5, 0.6) is 11.5 Å². The maximum absolute atomic E-state index is 13.3. The van der Waals surface area contributed by atoms with Crippen molar-refractivity contribution >= 4 is 35.8 Å². The lowest BCUT2D eigenvalue weighted by molar-refractivity contribution is -0.150. The average Bonchev–Trinajstić information content (AvgIpc) is 3.34. The summed E-state index contributed by atoms with van der Waals surface area (Å²) in [6, 6.07) is 5.12. The van der Waals surface area contributed by atoms with Gasteiger partial charge in [-0.25, -0.2) is 9.59 Å². The summed E-state index contributed by atoms with van der Waals surface area (Å²) in [5, 5.41) is 0. The molecule has 0 aliphatic carbocycles. The van der Waals surface area contributed by atoms with Gasteiger partial charge in [0.1, 0.15) is 17.1 Å². The summed E-state index contributed by atoms with van der Waals surface area (Å²) in [6.45, 7) is 12.3. The molecule has 0 bridgehead atoms. The zero-order valence-corrected chi connectivity index (χ0v) is 43.0. The van der Waals surface area contributed by atoms with Crippen LogP contribution in [0.25, 0.3) is 0 Å². The summed E-state index contributed by atoms with van der Waals surface area (Å²) in [6.07, 6.45) is 25.3. The lowest BCUT2D eigenvalue weighted by Crippen LogP contribution is -2.11. The maximum atomic E-state index is 13.3. The van der Waals surface area contributed by atoms with E-state index in [1.54, 1.807) is 25.1 Å². The van der Waals surface area contributed by atoms with Crippen molar-refractivity contribution in [1.82, 2.24) is 0 Å². The van der Waals surface area contributed by atoms with E-state index >= 15 is 0 Å². The molecule has 0 N–H and O–H groups in total. The van der Waals surface area contributed by atoms with Crippen LogP contribution >= 0.6 is 0 Å². The van der Waals surface area contributed by atoms with Crippen LogP contribution < -0.4 is 9.47 Å². The van der Waals surface area contributed by atoms with Crippen molar-refractivity contribution < 1.29 is 66.7 Å². The predicted molar refractivity (Wildman–Crippen MR) is 267 cm³/mol. The minimum absolute atomic E-state index is 0.00988. The molecule has 0 saturated heterocycles. The predicted octanol–water partition coefficient (Wildman–Crippen LogP) is 12.6. The fraction of sp³-hybridized carbons (Fsp3) is 0.745. The van der Waals surface area contributed by atoms with Crippen molar-refractivity contribution in [2.24, 2.45) is 0 Å². The largest absolute Gasteiger partial charge is 0.494 e. The Balaban J connectivity index is 2.40. The number of unbranched alkanes of at least 4 members (excludes halogenated alkanes) is 21. The van der Waals surface area contributed by atoms with Gasteiger partial charge >= 0.3 is 35.8 Å². The van der Waals surface area contributed by atoms with Gasteiger partial charge in [-0.05, 0) is 115 Å². The van der Waals surface area contributed by atoms with Crippen LogP contribution in [0.15, 0.2) is 30.4 Å². The molecular formula is C55H90O14.